The first-order chi connectivity index (χ1) is 11.7. The summed E-state index contributed by atoms with van der Waals surface area (Å²) in [4.78, 5) is 16.9. The van der Waals surface area contributed by atoms with E-state index < -0.39 is 0 Å². The number of aromatic nitrogens is 6. The van der Waals surface area contributed by atoms with Crippen molar-refractivity contribution >= 4 is 16.3 Å². The quantitative estimate of drug-likeness (QED) is 0.565. The molecule has 4 aromatic rings. The maximum atomic E-state index is 12.0. The van der Waals surface area contributed by atoms with E-state index in [2.05, 4.69) is 20.4 Å². The first-order valence-electron chi connectivity index (χ1n) is 7.27. The van der Waals surface area contributed by atoms with Crippen molar-refractivity contribution in [3.05, 3.63) is 58.8 Å². The Labute approximate surface area is 140 Å². The predicted molar refractivity (Wildman–Crippen MR) is 87.9 cm³/mol. The van der Waals surface area contributed by atoms with Crippen molar-refractivity contribution in [1.82, 2.24) is 29.6 Å². The van der Waals surface area contributed by atoms with E-state index in [1.54, 1.807) is 23.1 Å². The molecule has 0 aliphatic carbocycles. The van der Waals surface area contributed by atoms with E-state index in [0.717, 1.165) is 11.4 Å². The van der Waals surface area contributed by atoms with Gasteiger partial charge in [-0.25, -0.2) is 9.67 Å². The summed E-state index contributed by atoms with van der Waals surface area (Å²) in [5, 5.41) is 12.3. The molecule has 8 nitrogen and oxygen atoms in total. The summed E-state index contributed by atoms with van der Waals surface area (Å²) < 4.78 is 8.66. The second kappa shape index (κ2) is 5.85. The summed E-state index contributed by atoms with van der Waals surface area (Å²) in [5.74, 6) is 0.589. The summed E-state index contributed by atoms with van der Waals surface area (Å²) in [5.41, 5.74) is 1.34. The number of hydrogen-bond acceptors (Lipinski definition) is 7. The third-order valence-corrected chi connectivity index (χ3v) is 4.14. The van der Waals surface area contributed by atoms with E-state index in [-0.39, 0.29) is 5.56 Å². The number of ether oxygens (including phenoxy) is 1. The molecule has 0 amide bonds. The molecule has 24 heavy (non-hydrogen) atoms. The highest BCUT2D eigenvalue weighted by Gasteiger charge is 2.10. The summed E-state index contributed by atoms with van der Waals surface area (Å²) in [6.07, 6.45) is 4.04. The van der Waals surface area contributed by atoms with Gasteiger partial charge in [0.2, 0.25) is 4.96 Å². The molecule has 0 atom stereocenters. The van der Waals surface area contributed by atoms with Gasteiger partial charge in [0, 0.05) is 17.8 Å². The molecule has 0 unspecified atom stereocenters. The van der Waals surface area contributed by atoms with E-state index in [9.17, 15) is 4.79 Å². The van der Waals surface area contributed by atoms with Crippen LogP contribution in [0.1, 0.15) is 12.6 Å². The smallest absolute Gasteiger partial charge is 0.299 e. The molecule has 0 fully saturated rings. The SMILES string of the molecule is CCc1cc(=O)n2nc(Oc3cccc(-n4ccnn4)c3)sc2n1. The lowest BCUT2D eigenvalue weighted by Crippen LogP contribution is -2.14. The van der Waals surface area contributed by atoms with Gasteiger partial charge in [-0.1, -0.05) is 18.2 Å². The third-order valence-electron chi connectivity index (χ3n) is 3.35. The molecule has 0 bridgehead atoms. The summed E-state index contributed by atoms with van der Waals surface area (Å²) in [7, 11) is 0. The Morgan fingerprint density at radius 2 is 2.21 bits per heavy atom. The van der Waals surface area contributed by atoms with Gasteiger partial charge in [0.05, 0.1) is 18.1 Å². The van der Waals surface area contributed by atoms with Crippen molar-refractivity contribution in [1.29, 1.82) is 0 Å². The highest BCUT2D eigenvalue weighted by molar-refractivity contribution is 7.18. The van der Waals surface area contributed by atoms with Crippen LogP contribution in [0.2, 0.25) is 0 Å². The van der Waals surface area contributed by atoms with Crippen LogP contribution in [-0.2, 0) is 6.42 Å². The van der Waals surface area contributed by atoms with Crippen molar-refractivity contribution < 1.29 is 4.74 Å². The monoisotopic (exact) mass is 340 g/mol. The molecule has 0 spiro atoms. The van der Waals surface area contributed by atoms with Gasteiger partial charge in [-0.05, 0) is 29.9 Å². The fourth-order valence-electron chi connectivity index (χ4n) is 2.20. The number of rotatable bonds is 4. The zero-order chi connectivity index (χ0) is 16.5. The molecule has 0 aliphatic rings. The van der Waals surface area contributed by atoms with Crippen LogP contribution in [0.25, 0.3) is 10.6 Å². The van der Waals surface area contributed by atoms with E-state index in [4.69, 9.17) is 4.74 Å². The van der Waals surface area contributed by atoms with Gasteiger partial charge in [0.1, 0.15) is 5.75 Å². The number of fused-ring (bicyclic) bond motifs is 1. The lowest BCUT2D eigenvalue weighted by molar-refractivity contribution is 0.469. The van der Waals surface area contributed by atoms with Gasteiger partial charge in [-0.3, -0.25) is 4.79 Å². The largest absolute Gasteiger partial charge is 0.430 e. The summed E-state index contributed by atoms with van der Waals surface area (Å²) in [6.45, 7) is 1.95. The van der Waals surface area contributed by atoms with Crippen LogP contribution in [0.15, 0.2) is 47.5 Å². The van der Waals surface area contributed by atoms with Crippen LogP contribution in [0.4, 0.5) is 0 Å². The summed E-state index contributed by atoms with van der Waals surface area (Å²) in [6, 6.07) is 8.84. The van der Waals surface area contributed by atoms with Gasteiger partial charge >= 0.3 is 0 Å². The Morgan fingerprint density at radius 3 is 3.00 bits per heavy atom. The van der Waals surface area contributed by atoms with Crippen molar-refractivity contribution in [3.63, 3.8) is 0 Å². The minimum absolute atomic E-state index is 0.209. The first kappa shape index (κ1) is 14.5. The highest BCUT2D eigenvalue weighted by Crippen LogP contribution is 2.26. The highest BCUT2D eigenvalue weighted by atomic mass is 32.1. The van der Waals surface area contributed by atoms with Crippen molar-refractivity contribution in [2.75, 3.05) is 0 Å². The second-order valence-corrected chi connectivity index (χ2v) is 5.87. The zero-order valence-corrected chi connectivity index (χ0v) is 13.5. The summed E-state index contributed by atoms with van der Waals surface area (Å²) >= 11 is 1.22. The van der Waals surface area contributed by atoms with Gasteiger partial charge in [-0.2, -0.15) is 4.52 Å². The average Bonchev–Trinajstić information content (AvgIpc) is 3.24. The maximum Gasteiger partial charge on any atom is 0.299 e. The third kappa shape index (κ3) is 2.65. The lowest BCUT2D eigenvalue weighted by Gasteiger charge is -2.04. The van der Waals surface area contributed by atoms with E-state index in [0.29, 0.717) is 22.3 Å². The lowest BCUT2D eigenvalue weighted by atomic mass is 10.3. The Balaban J connectivity index is 1.68. The molecule has 0 radical (unpaired) electrons. The zero-order valence-electron chi connectivity index (χ0n) is 12.7. The van der Waals surface area contributed by atoms with Crippen LogP contribution in [-0.4, -0.2) is 29.6 Å². The predicted octanol–water partition coefficient (Wildman–Crippen LogP) is 2.09. The van der Waals surface area contributed by atoms with Crippen LogP contribution < -0.4 is 10.3 Å². The second-order valence-electron chi connectivity index (χ2n) is 4.95. The van der Waals surface area contributed by atoms with Crippen LogP contribution >= 0.6 is 11.3 Å². The molecule has 120 valence electrons. The van der Waals surface area contributed by atoms with Crippen LogP contribution in [0.3, 0.4) is 0 Å². The first-order valence-corrected chi connectivity index (χ1v) is 8.09. The fourth-order valence-corrected chi connectivity index (χ4v) is 2.99. The van der Waals surface area contributed by atoms with E-state index in [1.165, 1.54) is 21.9 Å². The molecule has 3 aromatic heterocycles. The molecule has 4 rings (SSSR count). The van der Waals surface area contributed by atoms with Crippen molar-refractivity contribution in [2.24, 2.45) is 0 Å². The van der Waals surface area contributed by atoms with Crippen LogP contribution in [0, 0.1) is 0 Å². The van der Waals surface area contributed by atoms with Gasteiger partial charge in [-0.15, -0.1) is 10.2 Å². The Kier molecular flexibility index (Phi) is 3.54. The van der Waals surface area contributed by atoms with Crippen molar-refractivity contribution in [2.45, 2.75) is 13.3 Å². The molecule has 1 aromatic carbocycles. The van der Waals surface area contributed by atoms with Gasteiger partial charge in [0.15, 0.2) is 0 Å². The molecule has 3 heterocycles. The Bertz CT molecular complexity index is 1050. The number of aryl methyl sites for hydroxylation is 1. The Morgan fingerprint density at radius 1 is 1.29 bits per heavy atom. The molecule has 0 saturated heterocycles. The van der Waals surface area contributed by atoms with Crippen LogP contribution in [0.5, 0.6) is 10.9 Å². The topological polar surface area (TPSA) is 87.2 Å². The molecule has 0 saturated carbocycles. The number of benzene rings is 1. The molecule has 0 aliphatic heterocycles. The maximum absolute atomic E-state index is 12.0. The van der Waals surface area contributed by atoms with Crippen molar-refractivity contribution in [3.8, 4) is 16.6 Å². The van der Waals surface area contributed by atoms with Gasteiger partial charge in [0.25, 0.3) is 10.8 Å². The molecular formula is C15H12N6O2S. The van der Waals surface area contributed by atoms with E-state index >= 15 is 0 Å². The van der Waals surface area contributed by atoms with Gasteiger partial charge < -0.3 is 4.74 Å². The standard InChI is InChI=1S/C15H12N6O2S/c1-2-10-8-13(22)21-14(17-10)24-15(18-21)23-12-5-3-4-11(9-12)20-7-6-16-19-20/h3-9H,2H2,1H3. The normalized spacial score (nSPS) is 11.0. The number of nitrogens with zero attached hydrogens (tertiary/aromatic N) is 6. The number of hydrogen-bond donors (Lipinski definition) is 0. The molecule has 9 heteroatoms. The van der Waals surface area contributed by atoms with E-state index in [1.807, 2.05) is 25.1 Å². The fraction of sp³-hybridized carbons (Fsp3) is 0.133. The molecular weight excluding hydrogens is 328 g/mol. The average molecular weight is 340 g/mol. The molecule has 0 N–H and O–H groups in total. The minimum atomic E-state index is -0.209. The minimum Gasteiger partial charge on any atom is -0.430 e. The Hall–Kier alpha value is -3.07.